The van der Waals surface area contributed by atoms with Crippen LogP contribution in [0.25, 0.3) is 0 Å². The number of hydrogen-bond donors (Lipinski definition) is 2. The number of H-pyrrole nitrogens is 1. The first-order valence-corrected chi connectivity index (χ1v) is 6.66. The molecule has 0 saturated carbocycles. The van der Waals surface area contributed by atoms with E-state index in [2.05, 4.69) is 30.8 Å². The van der Waals surface area contributed by atoms with Gasteiger partial charge in [0.1, 0.15) is 6.04 Å². The van der Waals surface area contributed by atoms with E-state index >= 15 is 0 Å². The van der Waals surface area contributed by atoms with Crippen LogP contribution in [-0.2, 0) is 0 Å². The maximum Gasteiger partial charge on any atom is 0.196 e. The lowest BCUT2D eigenvalue weighted by molar-refractivity contribution is 0.192. The summed E-state index contributed by atoms with van der Waals surface area (Å²) in [5.74, 6) is 0.662. The van der Waals surface area contributed by atoms with E-state index in [4.69, 9.17) is 11.6 Å². The Balaban J connectivity index is 1.99. The standard InChI is InChI=1S/C12H15ClN6/c13-10-4-2-1-3-9(10)11(12-15-17-18-16-12)19-7-5-14-6-8-19/h1-4,11,14H,5-8H2,(H,15,16,17,18). The van der Waals surface area contributed by atoms with E-state index in [0.29, 0.717) is 5.82 Å². The summed E-state index contributed by atoms with van der Waals surface area (Å²) < 4.78 is 0. The molecule has 1 aromatic carbocycles. The molecule has 0 aliphatic carbocycles. The van der Waals surface area contributed by atoms with Crippen molar-refractivity contribution < 1.29 is 0 Å². The molecule has 1 atom stereocenters. The number of nitrogens with zero attached hydrogens (tertiary/aromatic N) is 4. The molecule has 1 fully saturated rings. The molecule has 1 aliphatic heterocycles. The van der Waals surface area contributed by atoms with Crippen LogP contribution < -0.4 is 5.32 Å². The molecule has 0 spiro atoms. The van der Waals surface area contributed by atoms with E-state index in [0.717, 1.165) is 36.8 Å². The van der Waals surface area contributed by atoms with E-state index < -0.39 is 0 Å². The molecule has 2 heterocycles. The summed E-state index contributed by atoms with van der Waals surface area (Å²) in [4.78, 5) is 2.32. The van der Waals surface area contributed by atoms with Crippen molar-refractivity contribution in [3.63, 3.8) is 0 Å². The molecule has 0 radical (unpaired) electrons. The number of rotatable bonds is 3. The Morgan fingerprint density at radius 3 is 2.68 bits per heavy atom. The minimum Gasteiger partial charge on any atom is -0.314 e. The van der Waals surface area contributed by atoms with Crippen molar-refractivity contribution in [3.05, 3.63) is 40.7 Å². The third kappa shape index (κ3) is 2.60. The summed E-state index contributed by atoms with van der Waals surface area (Å²) in [7, 11) is 0. The van der Waals surface area contributed by atoms with Crippen LogP contribution in [0, 0.1) is 0 Å². The van der Waals surface area contributed by atoms with Gasteiger partial charge in [0, 0.05) is 31.2 Å². The van der Waals surface area contributed by atoms with Crippen LogP contribution >= 0.6 is 11.6 Å². The van der Waals surface area contributed by atoms with Gasteiger partial charge in [-0.2, -0.15) is 5.21 Å². The van der Waals surface area contributed by atoms with Gasteiger partial charge in [-0.3, -0.25) is 4.90 Å². The van der Waals surface area contributed by atoms with E-state index in [-0.39, 0.29) is 6.04 Å². The molecule has 2 aromatic rings. The first-order valence-electron chi connectivity index (χ1n) is 6.29. The van der Waals surface area contributed by atoms with Crippen LogP contribution in [-0.4, -0.2) is 51.7 Å². The fourth-order valence-corrected chi connectivity index (χ4v) is 2.66. The number of tetrazole rings is 1. The first kappa shape index (κ1) is 12.5. The minimum atomic E-state index is -0.0467. The van der Waals surface area contributed by atoms with Gasteiger partial charge in [-0.1, -0.05) is 35.0 Å². The molecule has 19 heavy (non-hydrogen) atoms. The number of piperazine rings is 1. The number of benzene rings is 1. The Labute approximate surface area is 116 Å². The van der Waals surface area contributed by atoms with Gasteiger partial charge in [-0.25, -0.2) is 0 Å². The number of aromatic nitrogens is 4. The average Bonchev–Trinajstić information content (AvgIpc) is 2.96. The zero-order valence-electron chi connectivity index (χ0n) is 10.4. The smallest absolute Gasteiger partial charge is 0.196 e. The summed E-state index contributed by atoms with van der Waals surface area (Å²) in [5, 5.41) is 18.6. The quantitative estimate of drug-likeness (QED) is 0.871. The molecule has 0 bridgehead atoms. The number of nitrogens with one attached hydrogen (secondary N) is 2. The molecule has 1 aliphatic rings. The number of hydrogen-bond acceptors (Lipinski definition) is 5. The lowest BCUT2D eigenvalue weighted by Gasteiger charge is -2.33. The summed E-state index contributed by atoms with van der Waals surface area (Å²) in [5.41, 5.74) is 1.02. The lowest BCUT2D eigenvalue weighted by atomic mass is 10.0. The average molecular weight is 279 g/mol. The largest absolute Gasteiger partial charge is 0.314 e. The van der Waals surface area contributed by atoms with Crippen molar-refractivity contribution in [1.29, 1.82) is 0 Å². The van der Waals surface area contributed by atoms with Gasteiger partial charge < -0.3 is 5.32 Å². The van der Waals surface area contributed by atoms with Gasteiger partial charge in [0.25, 0.3) is 0 Å². The van der Waals surface area contributed by atoms with Gasteiger partial charge in [0.15, 0.2) is 5.82 Å². The second-order valence-electron chi connectivity index (χ2n) is 4.48. The maximum absolute atomic E-state index is 6.33. The fourth-order valence-electron chi connectivity index (χ4n) is 2.42. The van der Waals surface area contributed by atoms with Crippen molar-refractivity contribution in [3.8, 4) is 0 Å². The van der Waals surface area contributed by atoms with Gasteiger partial charge in [-0.05, 0) is 11.6 Å². The van der Waals surface area contributed by atoms with Crippen LogP contribution in [0.4, 0.5) is 0 Å². The Morgan fingerprint density at radius 2 is 2.00 bits per heavy atom. The summed E-state index contributed by atoms with van der Waals surface area (Å²) in [6.45, 7) is 3.78. The SMILES string of the molecule is Clc1ccccc1C(c1nn[nH]n1)N1CCNCC1. The molecule has 0 amide bonds. The van der Waals surface area contributed by atoms with Crippen molar-refractivity contribution in [2.45, 2.75) is 6.04 Å². The van der Waals surface area contributed by atoms with Crippen molar-refractivity contribution in [1.82, 2.24) is 30.8 Å². The van der Waals surface area contributed by atoms with Gasteiger partial charge in [-0.15, -0.1) is 10.2 Å². The summed E-state index contributed by atoms with van der Waals surface area (Å²) in [6.07, 6.45) is 0. The third-order valence-electron chi connectivity index (χ3n) is 3.32. The molecule has 1 unspecified atom stereocenters. The molecule has 100 valence electrons. The highest BCUT2D eigenvalue weighted by Crippen LogP contribution is 2.31. The highest BCUT2D eigenvalue weighted by atomic mass is 35.5. The zero-order chi connectivity index (χ0) is 13.1. The van der Waals surface area contributed by atoms with E-state index in [1.165, 1.54) is 0 Å². The van der Waals surface area contributed by atoms with Crippen LogP contribution in [0.3, 0.4) is 0 Å². The lowest BCUT2D eigenvalue weighted by Crippen LogP contribution is -2.45. The van der Waals surface area contributed by atoms with E-state index in [1.807, 2.05) is 24.3 Å². The second-order valence-corrected chi connectivity index (χ2v) is 4.89. The first-order chi connectivity index (χ1) is 9.36. The van der Waals surface area contributed by atoms with Crippen molar-refractivity contribution in [2.24, 2.45) is 0 Å². The topological polar surface area (TPSA) is 69.7 Å². The van der Waals surface area contributed by atoms with Crippen LogP contribution in [0.15, 0.2) is 24.3 Å². The second kappa shape index (κ2) is 5.64. The molecular weight excluding hydrogens is 264 g/mol. The summed E-state index contributed by atoms with van der Waals surface area (Å²) in [6, 6.07) is 7.78. The van der Waals surface area contributed by atoms with Crippen LogP contribution in [0.2, 0.25) is 5.02 Å². The van der Waals surface area contributed by atoms with Crippen molar-refractivity contribution in [2.75, 3.05) is 26.2 Å². The maximum atomic E-state index is 6.33. The predicted octanol–water partition coefficient (Wildman–Crippen LogP) is 0.848. The zero-order valence-corrected chi connectivity index (χ0v) is 11.1. The molecule has 7 heteroatoms. The Kier molecular flexibility index (Phi) is 3.72. The molecular formula is C12H15ClN6. The Bertz CT molecular complexity index is 523. The summed E-state index contributed by atoms with van der Waals surface area (Å²) >= 11 is 6.33. The molecule has 3 rings (SSSR count). The molecule has 1 aromatic heterocycles. The third-order valence-corrected chi connectivity index (χ3v) is 3.67. The van der Waals surface area contributed by atoms with Crippen LogP contribution in [0.1, 0.15) is 17.4 Å². The minimum absolute atomic E-state index is 0.0467. The van der Waals surface area contributed by atoms with Crippen molar-refractivity contribution >= 4 is 11.6 Å². The Hall–Kier alpha value is -1.50. The van der Waals surface area contributed by atoms with Gasteiger partial charge >= 0.3 is 0 Å². The molecule has 1 saturated heterocycles. The monoisotopic (exact) mass is 278 g/mol. The highest BCUT2D eigenvalue weighted by Gasteiger charge is 2.28. The molecule has 2 N–H and O–H groups in total. The van der Waals surface area contributed by atoms with E-state index in [9.17, 15) is 0 Å². The fraction of sp³-hybridized carbons (Fsp3) is 0.417. The van der Waals surface area contributed by atoms with E-state index in [1.54, 1.807) is 0 Å². The van der Waals surface area contributed by atoms with Crippen LogP contribution in [0.5, 0.6) is 0 Å². The van der Waals surface area contributed by atoms with Gasteiger partial charge in [0.2, 0.25) is 0 Å². The predicted molar refractivity (Wildman–Crippen MR) is 71.9 cm³/mol. The number of aromatic amines is 1. The molecule has 6 nitrogen and oxygen atoms in total. The number of halogens is 1. The van der Waals surface area contributed by atoms with Gasteiger partial charge in [0.05, 0.1) is 0 Å². The highest BCUT2D eigenvalue weighted by molar-refractivity contribution is 6.31. The normalized spacial score (nSPS) is 18.4. The Morgan fingerprint density at radius 1 is 1.21 bits per heavy atom.